The molecule has 1 aromatic rings. The van der Waals surface area contributed by atoms with Crippen LogP contribution in [0, 0.1) is 5.41 Å². The van der Waals surface area contributed by atoms with Crippen LogP contribution in [0.2, 0.25) is 0 Å². The van der Waals surface area contributed by atoms with Gasteiger partial charge in [0.2, 0.25) is 0 Å². The molecule has 16 heavy (non-hydrogen) atoms. The smallest absolute Gasteiger partial charge is 0.141 e. The van der Waals surface area contributed by atoms with Crippen LogP contribution in [0.5, 0.6) is 5.75 Å². The Bertz CT molecular complexity index is 479. The van der Waals surface area contributed by atoms with Crippen LogP contribution in [0.15, 0.2) is 40.3 Å². The van der Waals surface area contributed by atoms with Crippen LogP contribution in [0.3, 0.4) is 0 Å². The molecule has 0 radical (unpaired) electrons. The number of halogens is 2. The van der Waals surface area contributed by atoms with Crippen molar-refractivity contribution < 1.29 is 4.74 Å². The first-order chi connectivity index (χ1) is 7.48. The summed E-state index contributed by atoms with van der Waals surface area (Å²) in [5, 5.41) is 0. The lowest BCUT2D eigenvalue weighted by molar-refractivity contribution is 0.234. The van der Waals surface area contributed by atoms with E-state index in [0.29, 0.717) is 6.61 Å². The van der Waals surface area contributed by atoms with E-state index in [0.717, 1.165) is 25.8 Å². The predicted octanol–water partition coefficient (Wildman–Crippen LogP) is 4.81. The summed E-state index contributed by atoms with van der Waals surface area (Å²) in [6.07, 6.45) is 1.90. The summed E-state index contributed by atoms with van der Waals surface area (Å²) in [4.78, 5) is 0. The second-order valence-corrected chi connectivity index (χ2v) is 5.92. The Kier molecular flexibility index (Phi) is 3.01. The zero-order valence-electron chi connectivity index (χ0n) is 9.02. The molecule has 0 spiro atoms. The van der Waals surface area contributed by atoms with Gasteiger partial charge in [0.1, 0.15) is 12.4 Å². The zero-order chi connectivity index (χ0) is 11.9. The Balaban J connectivity index is 2.61. The van der Waals surface area contributed by atoms with Crippen molar-refractivity contribution in [2.24, 2.45) is 5.41 Å². The first-order valence-electron chi connectivity index (χ1n) is 4.93. The molecule has 0 N–H and O–H groups in total. The Morgan fingerprint density at radius 1 is 1.44 bits per heavy atom. The monoisotopic (exact) mass is 342 g/mol. The molecule has 0 saturated heterocycles. The van der Waals surface area contributed by atoms with E-state index in [1.165, 1.54) is 0 Å². The number of rotatable bonds is 1. The van der Waals surface area contributed by atoms with Crippen molar-refractivity contribution in [1.82, 2.24) is 0 Å². The molecule has 0 aromatic heterocycles. The largest absolute Gasteiger partial charge is 0.491 e. The minimum atomic E-state index is -0.187. The van der Waals surface area contributed by atoms with Gasteiger partial charge in [-0.3, -0.25) is 0 Å². The first-order valence-corrected chi connectivity index (χ1v) is 6.52. The van der Waals surface area contributed by atoms with Gasteiger partial charge in [0.25, 0.3) is 0 Å². The maximum Gasteiger partial charge on any atom is 0.141 e. The van der Waals surface area contributed by atoms with E-state index in [9.17, 15) is 0 Å². The molecule has 0 fully saturated rings. The Labute approximate surface area is 112 Å². The van der Waals surface area contributed by atoms with Crippen molar-refractivity contribution in [3.8, 4) is 5.75 Å². The molecular weight excluding hydrogens is 332 g/mol. The molecule has 0 bridgehead atoms. The van der Waals surface area contributed by atoms with Crippen molar-refractivity contribution in [3.05, 3.63) is 45.9 Å². The normalized spacial score (nSPS) is 23.6. The molecule has 1 aliphatic rings. The lowest BCUT2D eigenvalue weighted by Crippen LogP contribution is -2.28. The van der Waals surface area contributed by atoms with Gasteiger partial charge < -0.3 is 4.74 Å². The minimum Gasteiger partial charge on any atom is -0.491 e. The van der Waals surface area contributed by atoms with Crippen molar-refractivity contribution in [3.63, 3.8) is 0 Å². The summed E-state index contributed by atoms with van der Waals surface area (Å²) in [7, 11) is 0. The molecule has 1 heterocycles. The van der Waals surface area contributed by atoms with Crippen molar-refractivity contribution in [1.29, 1.82) is 0 Å². The third kappa shape index (κ3) is 1.76. The molecule has 0 unspecified atom stereocenters. The number of fused-ring (bicyclic) bond motifs is 1. The second-order valence-electron chi connectivity index (χ2n) is 4.15. The van der Waals surface area contributed by atoms with E-state index in [2.05, 4.69) is 51.9 Å². The predicted molar refractivity (Wildman–Crippen MR) is 74.7 cm³/mol. The molecule has 0 amide bonds. The molecule has 3 heteroatoms. The Morgan fingerprint density at radius 3 is 2.75 bits per heavy atom. The fraction of sp³-hybridized carbons (Fsp3) is 0.231. The van der Waals surface area contributed by atoms with Crippen LogP contribution in [-0.2, 0) is 0 Å². The number of hydrogen-bond donors (Lipinski definition) is 0. The highest BCUT2D eigenvalue weighted by atomic mass is 79.9. The minimum absolute atomic E-state index is 0.187. The van der Waals surface area contributed by atoms with E-state index in [-0.39, 0.29) is 5.41 Å². The summed E-state index contributed by atoms with van der Waals surface area (Å²) in [6, 6.07) is 4.01. The quantitative estimate of drug-likeness (QED) is 0.665. The standard InChI is InChI=1S/C13H12Br2O/c1-4-13(3)7-16-12-10(8(13)2)5-9(14)6-11(12)15/h4-6H,1-2,7H2,3H3/t13-/m1/s1. The molecule has 1 aromatic carbocycles. The van der Waals surface area contributed by atoms with Gasteiger partial charge in [-0.05, 0) is 40.6 Å². The van der Waals surface area contributed by atoms with Crippen LogP contribution in [0.4, 0.5) is 0 Å². The first kappa shape index (κ1) is 11.9. The van der Waals surface area contributed by atoms with Gasteiger partial charge in [0.15, 0.2) is 0 Å². The summed E-state index contributed by atoms with van der Waals surface area (Å²) < 4.78 is 7.74. The number of ether oxygens (including phenoxy) is 1. The van der Waals surface area contributed by atoms with E-state index in [1.54, 1.807) is 0 Å². The van der Waals surface area contributed by atoms with Crippen LogP contribution in [0.25, 0.3) is 5.57 Å². The average Bonchev–Trinajstić information content (AvgIpc) is 2.24. The van der Waals surface area contributed by atoms with Crippen molar-refractivity contribution >= 4 is 37.4 Å². The third-order valence-corrected chi connectivity index (χ3v) is 4.04. The zero-order valence-corrected chi connectivity index (χ0v) is 12.2. The fourth-order valence-electron chi connectivity index (χ4n) is 1.73. The van der Waals surface area contributed by atoms with E-state index in [1.807, 2.05) is 18.2 Å². The highest BCUT2D eigenvalue weighted by Crippen LogP contribution is 2.47. The van der Waals surface area contributed by atoms with Gasteiger partial charge in [-0.1, -0.05) is 28.6 Å². The van der Waals surface area contributed by atoms with Gasteiger partial charge in [0, 0.05) is 15.5 Å². The van der Waals surface area contributed by atoms with Gasteiger partial charge in [0.05, 0.1) is 4.47 Å². The second kappa shape index (κ2) is 4.04. The summed E-state index contributed by atoms with van der Waals surface area (Å²) >= 11 is 6.97. The molecule has 2 rings (SSSR count). The van der Waals surface area contributed by atoms with E-state index < -0.39 is 0 Å². The lowest BCUT2D eigenvalue weighted by Gasteiger charge is -2.35. The highest BCUT2D eigenvalue weighted by molar-refractivity contribution is 9.11. The number of hydrogen-bond acceptors (Lipinski definition) is 1. The topological polar surface area (TPSA) is 9.23 Å². The molecule has 1 nitrogen and oxygen atoms in total. The van der Waals surface area contributed by atoms with Gasteiger partial charge in [-0.2, -0.15) is 0 Å². The summed E-state index contributed by atoms with van der Waals surface area (Å²) in [5.74, 6) is 0.868. The van der Waals surface area contributed by atoms with Crippen LogP contribution >= 0.6 is 31.9 Å². The molecule has 0 saturated carbocycles. The lowest BCUT2D eigenvalue weighted by atomic mass is 9.78. The van der Waals surface area contributed by atoms with Gasteiger partial charge >= 0.3 is 0 Å². The van der Waals surface area contributed by atoms with Crippen molar-refractivity contribution in [2.75, 3.05) is 6.61 Å². The molecule has 1 aliphatic heterocycles. The van der Waals surface area contributed by atoms with E-state index >= 15 is 0 Å². The summed E-state index contributed by atoms with van der Waals surface area (Å²) in [6.45, 7) is 10.7. The average molecular weight is 344 g/mol. The maximum absolute atomic E-state index is 5.79. The highest BCUT2D eigenvalue weighted by Gasteiger charge is 2.33. The molecular formula is C13H12Br2O. The maximum atomic E-state index is 5.79. The summed E-state index contributed by atoms with van der Waals surface area (Å²) in [5.41, 5.74) is 1.90. The molecule has 84 valence electrons. The van der Waals surface area contributed by atoms with Crippen LogP contribution < -0.4 is 4.74 Å². The molecule has 0 aliphatic carbocycles. The van der Waals surface area contributed by atoms with Crippen molar-refractivity contribution in [2.45, 2.75) is 6.92 Å². The Hall–Kier alpha value is -0.540. The third-order valence-electron chi connectivity index (χ3n) is 2.99. The van der Waals surface area contributed by atoms with Crippen LogP contribution in [0.1, 0.15) is 12.5 Å². The Morgan fingerprint density at radius 2 is 2.12 bits per heavy atom. The molecule has 1 atom stereocenters. The van der Waals surface area contributed by atoms with Gasteiger partial charge in [-0.25, -0.2) is 0 Å². The number of benzene rings is 1. The fourth-order valence-corrected chi connectivity index (χ4v) is 3.07. The van der Waals surface area contributed by atoms with Gasteiger partial charge in [-0.15, -0.1) is 6.58 Å². The van der Waals surface area contributed by atoms with Crippen LogP contribution in [-0.4, -0.2) is 6.61 Å². The SMILES string of the molecule is C=C[C@]1(C)COc2c(Br)cc(Br)cc2C1=C. The van der Waals surface area contributed by atoms with E-state index in [4.69, 9.17) is 4.74 Å².